The molecule has 1 aromatic heterocycles. The Bertz CT molecular complexity index is 836. The Labute approximate surface area is 150 Å². The number of nitrogens with zero attached hydrogens (tertiary/aromatic N) is 1. The minimum atomic E-state index is 0.191. The summed E-state index contributed by atoms with van der Waals surface area (Å²) in [5.41, 5.74) is 4.75. The van der Waals surface area contributed by atoms with Crippen molar-refractivity contribution in [3.05, 3.63) is 35.7 Å². The lowest BCUT2D eigenvalue weighted by molar-refractivity contribution is -0.0408. The van der Waals surface area contributed by atoms with E-state index in [0.29, 0.717) is 17.3 Å². The SMILES string of the molecule is CC1=CCC[C@H]2[C@](C)(Cc3cc(O)cc4ncoc34)[C@@H](C)CC[C@]12C. The van der Waals surface area contributed by atoms with Gasteiger partial charge < -0.3 is 9.52 Å². The van der Waals surface area contributed by atoms with Crippen molar-refractivity contribution in [1.29, 1.82) is 0 Å². The fourth-order valence-corrected chi connectivity index (χ4v) is 5.77. The predicted octanol–water partition coefficient (Wildman–Crippen LogP) is 5.87. The molecule has 0 aliphatic heterocycles. The molecule has 1 aromatic carbocycles. The summed E-state index contributed by atoms with van der Waals surface area (Å²) in [5, 5.41) is 10.1. The van der Waals surface area contributed by atoms with E-state index in [2.05, 4.69) is 38.8 Å². The number of phenolic OH excluding ortho intramolecular Hbond substituents is 1. The van der Waals surface area contributed by atoms with E-state index in [4.69, 9.17) is 4.42 Å². The lowest BCUT2D eigenvalue weighted by Crippen LogP contribution is -2.50. The van der Waals surface area contributed by atoms with Crippen LogP contribution in [0.15, 0.2) is 34.6 Å². The van der Waals surface area contributed by atoms with Crippen molar-refractivity contribution in [2.24, 2.45) is 22.7 Å². The quantitative estimate of drug-likeness (QED) is 0.695. The maximum atomic E-state index is 10.1. The van der Waals surface area contributed by atoms with Crippen molar-refractivity contribution in [3.8, 4) is 5.75 Å². The lowest BCUT2D eigenvalue weighted by Gasteiger charge is -2.58. The van der Waals surface area contributed by atoms with Gasteiger partial charge in [0.25, 0.3) is 0 Å². The molecule has 1 saturated carbocycles. The number of allylic oxidation sites excluding steroid dienone is 2. The van der Waals surface area contributed by atoms with E-state index in [1.165, 1.54) is 32.1 Å². The topological polar surface area (TPSA) is 46.3 Å². The number of benzene rings is 1. The van der Waals surface area contributed by atoms with Crippen molar-refractivity contribution >= 4 is 11.1 Å². The van der Waals surface area contributed by atoms with Crippen molar-refractivity contribution in [1.82, 2.24) is 4.98 Å². The molecular weight excluding hydrogens is 310 g/mol. The van der Waals surface area contributed by atoms with Gasteiger partial charge in [0, 0.05) is 11.6 Å². The summed E-state index contributed by atoms with van der Waals surface area (Å²) in [4.78, 5) is 4.25. The molecule has 3 nitrogen and oxygen atoms in total. The lowest BCUT2D eigenvalue weighted by atomic mass is 9.47. The van der Waals surface area contributed by atoms with Gasteiger partial charge in [-0.3, -0.25) is 0 Å². The number of fused-ring (bicyclic) bond motifs is 2. The highest BCUT2D eigenvalue weighted by Gasteiger charge is 2.53. The number of phenols is 1. The van der Waals surface area contributed by atoms with Gasteiger partial charge >= 0.3 is 0 Å². The van der Waals surface area contributed by atoms with Gasteiger partial charge in [0.1, 0.15) is 11.3 Å². The first-order valence-corrected chi connectivity index (χ1v) is 9.57. The van der Waals surface area contributed by atoms with Crippen LogP contribution < -0.4 is 0 Å². The molecule has 2 aromatic rings. The van der Waals surface area contributed by atoms with Crippen LogP contribution in [-0.4, -0.2) is 10.1 Å². The second kappa shape index (κ2) is 5.62. The molecular formula is C22H29NO2. The van der Waals surface area contributed by atoms with Gasteiger partial charge in [-0.25, -0.2) is 4.98 Å². The Balaban J connectivity index is 1.79. The maximum absolute atomic E-state index is 10.1. The maximum Gasteiger partial charge on any atom is 0.181 e. The van der Waals surface area contributed by atoms with Crippen LogP contribution in [0.5, 0.6) is 5.75 Å². The molecule has 1 heterocycles. The van der Waals surface area contributed by atoms with Crippen LogP contribution in [0.1, 0.15) is 58.9 Å². The second-order valence-corrected chi connectivity index (χ2v) is 8.86. The summed E-state index contributed by atoms with van der Waals surface area (Å²) < 4.78 is 5.67. The predicted molar refractivity (Wildman–Crippen MR) is 100 cm³/mol. The average molecular weight is 339 g/mol. The standard InChI is InChI=1S/C22H29NO2/c1-14-6-5-7-19-21(14,3)9-8-15(2)22(19,4)12-16-10-17(24)11-18-20(16)25-13-23-18/h6,10-11,13,15,19,24H,5,7-9,12H2,1-4H3/t15-,19+,21+,22+/m0/s1. The summed E-state index contributed by atoms with van der Waals surface area (Å²) in [7, 11) is 0. The third-order valence-electron chi connectivity index (χ3n) is 7.66. The molecule has 3 heteroatoms. The summed E-state index contributed by atoms with van der Waals surface area (Å²) in [6, 6.07) is 3.57. The summed E-state index contributed by atoms with van der Waals surface area (Å²) in [6.45, 7) is 9.67. The molecule has 0 radical (unpaired) electrons. The van der Waals surface area contributed by atoms with Gasteiger partial charge in [-0.15, -0.1) is 0 Å². The molecule has 0 amide bonds. The Morgan fingerprint density at radius 3 is 2.88 bits per heavy atom. The fourth-order valence-electron chi connectivity index (χ4n) is 5.77. The average Bonchev–Trinajstić information content (AvgIpc) is 3.02. The monoisotopic (exact) mass is 339 g/mol. The molecule has 2 aliphatic rings. The smallest absolute Gasteiger partial charge is 0.181 e. The van der Waals surface area contributed by atoms with Crippen molar-refractivity contribution in [2.45, 2.75) is 59.8 Å². The first-order valence-electron chi connectivity index (χ1n) is 9.57. The van der Waals surface area contributed by atoms with E-state index in [1.807, 2.05) is 6.07 Å². The van der Waals surface area contributed by atoms with Crippen LogP contribution in [0.25, 0.3) is 11.1 Å². The van der Waals surface area contributed by atoms with Crippen LogP contribution in [0.3, 0.4) is 0 Å². The molecule has 1 fully saturated rings. The summed E-state index contributed by atoms with van der Waals surface area (Å²) >= 11 is 0. The largest absolute Gasteiger partial charge is 0.508 e. The van der Waals surface area contributed by atoms with Crippen LogP contribution in [0.2, 0.25) is 0 Å². The number of rotatable bonds is 2. The van der Waals surface area contributed by atoms with Crippen LogP contribution in [0, 0.1) is 22.7 Å². The van der Waals surface area contributed by atoms with Crippen molar-refractivity contribution < 1.29 is 9.52 Å². The highest BCUT2D eigenvalue weighted by Crippen LogP contribution is 2.61. The van der Waals surface area contributed by atoms with Crippen LogP contribution in [0.4, 0.5) is 0 Å². The highest BCUT2D eigenvalue weighted by atomic mass is 16.3. The fraction of sp³-hybridized carbons (Fsp3) is 0.591. The van der Waals surface area contributed by atoms with E-state index in [-0.39, 0.29) is 11.2 Å². The Morgan fingerprint density at radius 2 is 2.08 bits per heavy atom. The van der Waals surface area contributed by atoms with E-state index < -0.39 is 0 Å². The minimum absolute atomic E-state index is 0.191. The molecule has 25 heavy (non-hydrogen) atoms. The zero-order chi connectivity index (χ0) is 17.8. The Hall–Kier alpha value is -1.77. The van der Waals surface area contributed by atoms with Crippen molar-refractivity contribution in [3.63, 3.8) is 0 Å². The van der Waals surface area contributed by atoms with Crippen LogP contribution >= 0.6 is 0 Å². The molecule has 4 atom stereocenters. The highest BCUT2D eigenvalue weighted by molar-refractivity contribution is 5.78. The second-order valence-electron chi connectivity index (χ2n) is 8.86. The summed E-state index contributed by atoms with van der Waals surface area (Å²) in [6.07, 6.45) is 9.86. The van der Waals surface area contributed by atoms with Gasteiger partial charge in [-0.05, 0) is 67.8 Å². The zero-order valence-electron chi connectivity index (χ0n) is 15.8. The zero-order valence-corrected chi connectivity index (χ0v) is 15.8. The molecule has 0 bridgehead atoms. The molecule has 2 aliphatic carbocycles. The molecule has 4 rings (SSSR count). The number of hydrogen-bond acceptors (Lipinski definition) is 3. The Morgan fingerprint density at radius 1 is 1.28 bits per heavy atom. The molecule has 0 unspecified atom stereocenters. The van der Waals surface area contributed by atoms with Gasteiger partial charge in [-0.2, -0.15) is 0 Å². The molecule has 1 N–H and O–H groups in total. The van der Waals surface area contributed by atoms with E-state index in [1.54, 1.807) is 11.6 Å². The van der Waals surface area contributed by atoms with E-state index >= 15 is 0 Å². The first kappa shape index (κ1) is 16.7. The third-order valence-corrected chi connectivity index (χ3v) is 7.66. The van der Waals surface area contributed by atoms with Gasteiger partial charge in [-0.1, -0.05) is 32.4 Å². The normalized spacial score (nSPS) is 35.4. The van der Waals surface area contributed by atoms with Crippen molar-refractivity contribution in [2.75, 3.05) is 0 Å². The number of hydrogen-bond donors (Lipinski definition) is 1. The molecule has 0 spiro atoms. The number of oxazole rings is 1. The van der Waals surface area contributed by atoms with Crippen LogP contribution in [-0.2, 0) is 6.42 Å². The van der Waals surface area contributed by atoms with Gasteiger partial charge in [0.2, 0.25) is 0 Å². The van der Waals surface area contributed by atoms with Gasteiger partial charge in [0.15, 0.2) is 12.0 Å². The first-order chi connectivity index (χ1) is 11.8. The third kappa shape index (κ3) is 2.43. The van der Waals surface area contributed by atoms with E-state index in [9.17, 15) is 5.11 Å². The number of aromatic hydroxyl groups is 1. The Kier molecular flexibility index (Phi) is 3.75. The van der Waals surface area contributed by atoms with Gasteiger partial charge in [0.05, 0.1) is 0 Å². The number of aromatic nitrogens is 1. The summed E-state index contributed by atoms with van der Waals surface area (Å²) in [5.74, 6) is 1.59. The molecule has 0 saturated heterocycles. The minimum Gasteiger partial charge on any atom is -0.508 e. The molecule has 134 valence electrons. The van der Waals surface area contributed by atoms with E-state index in [0.717, 1.165) is 23.1 Å².